The van der Waals surface area contributed by atoms with Gasteiger partial charge in [0.1, 0.15) is 0 Å². The number of unbranched alkanes of at least 4 members (excludes halogenated alkanes) is 1. The molecule has 13 heavy (non-hydrogen) atoms. The second-order valence-corrected chi connectivity index (χ2v) is 2.01. The molecular weight excluding hydrogens is 160 g/mol. The predicted octanol–water partition coefficient (Wildman–Crippen LogP) is 3.12. The minimum atomic E-state index is 0.906. The van der Waals surface area contributed by atoms with Crippen LogP contribution in [0, 0.1) is 0 Å². The molecule has 0 saturated carbocycles. The van der Waals surface area contributed by atoms with E-state index < -0.39 is 0 Å². The van der Waals surface area contributed by atoms with Crippen LogP contribution in [0.3, 0.4) is 0 Å². The summed E-state index contributed by atoms with van der Waals surface area (Å²) in [6.45, 7) is 14.9. The first-order chi connectivity index (χ1) is 6.31. The molecule has 0 aliphatic carbocycles. The van der Waals surface area contributed by atoms with Crippen molar-refractivity contribution < 1.29 is 0 Å². The summed E-state index contributed by atoms with van der Waals surface area (Å²) < 4.78 is 0. The second-order valence-electron chi connectivity index (χ2n) is 2.01. The van der Waals surface area contributed by atoms with Crippen LogP contribution >= 0.6 is 0 Å². The standard InChI is InChI=1S/C7H16N2.2C2H6/c1-4-5-6-9-7(2)8-3;2*1-2/h8-9H,2,4-6H2,1,3H3;2*1-2H3. The molecule has 0 bridgehead atoms. The topological polar surface area (TPSA) is 24.1 Å². The van der Waals surface area contributed by atoms with E-state index in [2.05, 4.69) is 24.1 Å². The fraction of sp³-hybridized carbons (Fsp3) is 0.818. The lowest BCUT2D eigenvalue weighted by Crippen LogP contribution is -2.22. The van der Waals surface area contributed by atoms with Crippen molar-refractivity contribution in [3.63, 3.8) is 0 Å². The first kappa shape index (κ1) is 18.2. The van der Waals surface area contributed by atoms with Crippen LogP contribution in [0.2, 0.25) is 0 Å². The largest absolute Gasteiger partial charge is 0.375 e. The molecule has 0 spiro atoms. The smallest absolute Gasteiger partial charge is 0.0909 e. The Hall–Kier alpha value is -0.660. The van der Waals surface area contributed by atoms with Gasteiger partial charge < -0.3 is 10.6 Å². The summed E-state index contributed by atoms with van der Waals surface area (Å²) in [7, 11) is 1.86. The zero-order valence-electron chi connectivity index (χ0n) is 10.3. The van der Waals surface area contributed by atoms with E-state index in [1.165, 1.54) is 12.8 Å². The monoisotopic (exact) mass is 188 g/mol. The molecular formula is C11H28N2. The normalized spacial score (nSPS) is 6.92. The van der Waals surface area contributed by atoms with Crippen LogP contribution in [-0.4, -0.2) is 13.6 Å². The van der Waals surface area contributed by atoms with Crippen LogP contribution in [0.4, 0.5) is 0 Å². The number of hydrogen-bond donors (Lipinski definition) is 2. The van der Waals surface area contributed by atoms with Gasteiger partial charge >= 0.3 is 0 Å². The van der Waals surface area contributed by atoms with Crippen LogP contribution in [0.1, 0.15) is 47.5 Å². The van der Waals surface area contributed by atoms with E-state index in [0.717, 1.165) is 12.4 Å². The van der Waals surface area contributed by atoms with Crippen LogP contribution in [-0.2, 0) is 0 Å². The molecule has 0 aliphatic heterocycles. The van der Waals surface area contributed by atoms with E-state index >= 15 is 0 Å². The third-order valence-corrected chi connectivity index (χ3v) is 1.17. The van der Waals surface area contributed by atoms with Crippen molar-refractivity contribution in [3.05, 3.63) is 12.4 Å². The van der Waals surface area contributed by atoms with Crippen LogP contribution < -0.4 is 10.6 Å². The Morgan fingerprint density at radius 3 is 1.92 bits per heavy atom. The Morgan fingerprint density at radius 2 is 1.62 bits per heavy atom. The Balaban J connectivity index is -0.000000218. The van der Waals surface area contributed by atoms with Gasteiger partial charge in [-0.25, -0.2) is 0 Å². The SMILES string of the molecule is C=C(NC)NCCCC.CC.CC. The number of hydrogen-bond acceptors (Lipinski definition) is 2. The van der Waals surface area contributed by atoms with Gasteiger partial charge in [-0.05, 0) is 6.42 Å². The molecule has 0 aromatic rings. The summed E-state index contributed by atoms with van der Waals surface area (Å²) in [6, 6.07) is 0. The molecule has 0 rings (SSSR count). The molecule has 0 saturated heterocycles. The fourth-order valence-corrected chi connectivity index (χ4v) is 0.504. The van der Waals surface area contributed by atoms with Crippen LogP contribution in [0.25, 0.3) is 0 Å². The average molecular weight is 188 g/mol. The maximum atomic E-state index is 3.72. The van der Waals surface area contributed by atoms with Crippen molar-refractivity contribution in [1.29, 1.82) is 0 Å². The third-order valence-electron chi connectivity index (χ3n) is 1.17. The Morgan fingerprint density at radius 1 is 1.15 bits per heavy atom. The van der Waals surface area contributed by atoms with E-state index in [1.54, 1.807) is 0 Å². The molecule has 2 heteroatoms. The van der Waals surface area contributed by atoms with Crippen molar-refractivity contribution in [2.75, 3.05) is 13.6 Å². The van der Waals surface area contributed by atoms with Crippen molar-refractivity contribution >= 4 is 0 Å². The van der Waals surface area contributed by atoms with Gasteiger partial charge in [-0.2, -0.15) is 0 Å². The molecule has 0 heterocycles. The quantitative estimate of drug-likeness (QED) is 0.648. The highest BCUT2D eigenvalue weighted by Gasteiger charge is 1.84. The zero-order valence-corrected chi connectivity index (χ0v) is 10.3. The highest BCUT2D eigenvalue weighted by molar-refractivity contribution is 4.84. The van der Waals surface area contributed by atoms with Gasteiger partial charge in [-0.3, -0.25) is 0 Å². The van der Waals surface area contributed by atoms with Gasteiger partial charge in [0, 0.05) is 13.6 Å². The average Bonchev–Trinajstić information content (AvgIpc) is 2.24. The van der Waals surface area contributed by atoms with Crippen molar-refractivity contribution in [3.8, 4) is 0 Å². The van der Waals surface area contributed by atoms with E-state index in [9.17, 15) is 0 Å². The van der Waals surface area contributed by atoms with Gasteiger partial charge in [-0.1, -0.05) is 47.6 Å². The second kappa shape index (κ2) is 22.5. The van der Waals surface area contributed by atoms with Gasteiger partial charge in [0.15, 0.2) is 0 Å². The molecule has 82 valence electrons. The van der Waals surface area contributed by atoms with Gasteiger partial charge in [0.2, 0.25) is 0 Å². The lowest BCUT2D eigenvalue weighted by atomic mass is 10.3. The summed E-state index contributed by atoms with van der Waals surface area (Å²) in [5, 5.41) is 6.05. The minimum Gasteiger partial charge on any atom is -0.375 e. The van der Waals surface area contributed by atoms with E-state index in [-0.39, 0.29) is 0 Å². The summed E-state index contributed by atoms with van der Waals surface area (Å²) in [5.41, 5.74) is 0. The van der Waals surface area contributed by atoms with E-state index in [0.29, 0.717) is 0 Å². The highest BCUT2D eigenvalue weighted by Crippen LogP contribution is 1.83. The maximum Gasteiger partial charge on any atom is 0.0909 e. The number of nitrogens with one attached hydrogen (secondary N) is 2. The summed E-state index contributed by atoms with van der Waals surface area (Å²) in [5.74, 6) is 0.906. The first-order valence-corrected chi connectivity index (χ1v) is 5.41. The Labute approximate surface area is 84.8 Å². The Bertz CT molecular complexity index is 80.2. The van der Waals surface area contributed by atoms with Gasteiger partial charge in [-0.15, -0.1) is 0 Å². The third kappa shape index (κ3) is 24.6. The zero-order chi connectivity index (χ0) is 11.1. The fourth-order valence-electron chi connectivity index (χ4n) is 0.504. The Kier molecular flexibility index (Phi) is 31.5. The molecule has 0 aromatic heterocycles. The van der Waals surface area contributed by atoms with Gasteiger partial charge in [0.25, 0.3) is 0 Å². The summed E-state index contributed by atoms with van der Waals surface area (Å²) >= 11 is 0. The molecule has 0 radical (unpaired) electrons. The number of rotatable bonds is 5. The lowest BCUT2D eigenvalue weighted by Gasteiger charge is -2.06. The predicted molar refractivity (Wildman–Crippen MR) is 63.8 cm³/mol. The van der Waals surface area contributed by atoms with Crippen LogP contribution in [0.5, 0.6) is 0 Å². The molecule has 2 N–H and O–H groups in total. The highest BCUT2D eigenvalue weighted by atomic mass is 15.1. The summed E-state index contributed by atoms with van der Waals surface area (Å²) in [6.07, 6.45) is 2.44. The first-order valence-electron chi connectivity index (χ1n) is 5.41. The minimum absolute atomic E-state index is 0.906. The van der Waals surface area contributed by atoms with E-state index in [4.69, 9.17) is 0 Å². The summed E-state index contributed by atoms with van der Waals surface area (Å²) in [4.78, 5) is 0. The molecule has 0 atom stereocenters. The maximum absolute atomic E-state index is 3.72. The molecule has 0 aliphatic rings. The van der Waals surface area contributed by atoms with Gasteiger partial charge in [0.05, 0.1) is 5.82 Å². The van der Waals surface area contributed by atoms with E-state index in [1.807, 2.05) is 34.7 Å². The molecule has 2 nitrogen and oxygen atoms in total. The van der Waals surface area contributed by atoms with Crippen molar-refractivity contribution in [1.82, 2.24) is 10.6 Å². The molecule has 0 amide bonds. The molecule has 0 fully saturated rings. The molecule has 0 aromatic carbocycles. The van der Waals surface area contributed by atoms with Crippen LogP contribution in [0.15, 0.2) is 12.4 Å². The van der Waals surface area contributed by atoms with Crippen molar-refractivity contribution in [2.24, 2.45) is 0 Å². The lowest BCUT2D eigenvalue weighted by molar-refractivity contribution is 0.679. The van der Waals surface area contributed by atoms with Crippen molar-refractivity contribution in [2.45, 2.75) is 47.5 Å². The molecule has 0 unspecified atom stereocenters.